The van der Waals surface area contributed by atoms with Crippen molar-refractivity contribution in [3.8, 4) is 0 Å². The quantitative estimate of drug-likeness (QED) is 0.165. The molecule has 47 heavy (non-hydrogen) atoms. The molecule has 13 nitrogen and oxygen atoms in total. The Labute approximate surface area is 278 Å². The minimum absolute atomic E-state index is 0.0441. The van der Waals surface area contributed by atoms with Crippen molar-refractivity contribution >= 4 is 29.9 Å². The van der Waals surface area contributed by atoms with E-state index in [0.29, 0.717) is 38.8 Å². The van der Waals surface area contributed by atoms with Crippen molar-refractivity contribution in [2.75, 3.05) is 13.1 Å². The van der Waals surface area contributed by atoms with Crippen LogP contribution in [0.4, 0.5) is 9.59 Å². The van der Waals surface area contributed by atoms with E-state index in [1.807, 2.05) is 51.1 Å². The summed E-state index contributed by atoms with van der Waals surface area (Å²) in [5.74, 6) is -2.57. The van der Waals surface area contributed by atoms with E-state index < -0.39 is 66.2 Å². The molecule has 1 aromatic rings. The van der Waals surface area contributed by atoms with E-state index in [0.717, 1.165) is 5.56 Å². The zero-order valence-corrected chi connectivity index (χ0v) is 28.9. The van der Waals surface area contributed by atoms with Gasteiger partial charge >= 0.3 is 18.1 Å². The number of carbonyl (C=O) groups is 5. The topological polar surface area (TPSA) is 186 Å². The van der Waals surface area contributed by atoms with Crippen molar-refractivity contribution in [2.45, 2.75) is 123 Å². The maximum Gasteiger partial charge on any atom is 0.407 e. The third-order valence-electron chi connectivity index (χ3n) is 8.11. The summed E-state index contributed by atoms with van der Waals surface area (Å²) in [5, 5.41) is 31.7. The van der Waals surface area contributed by atoms with Gasteiger partial charge in [0, 0.05) is 25.6 Å². The van der Waals surface area contributed by atoms with Crippen LogP contribution in [0.5, 0.6) is 0 Å². The van der Waals surface area contributed by atoms with E-state index >= 15 is 0 Å². The normalized spacial score (nSPS) is 17.1. The third-order valence-corrected chi connectivity index (χ3v) is 8.11. The van der Waals surface area contributed by atoms with E-state index in [1.165, 1.54) is 0 Å². The summed E-state index contributed by atoms with van der Waals surface area (Å²) in [5.41, 5.74) is 0.199. The maximum absolute atomic E-state index is 13.7. The molecule has 0 aliphatic carbocycles. The molecule has 1 aromatic carbocycles. The fourth-order valence-corrected chi connectivity index (χ4v) is 5.35. The predicted octanol–water partition coefficient (Wildman–Crippen LogP) is 3.19. The van der Waals surface area contributed by atoms with Crippen molar-refractivity contribution in [1.82, 2.24) is 26.2 Å². The van der Waals surface area contributed by atoms with Crippen molar-refractivity contribution in [3.05, 3.63) is 35.9 Å². The fourth-order valence-electron chi connectivity index (χ4n) is 5.35. The molecular weight excluding hydrogens is 606 g/mol. The summed E-state index contributed by atoms with van der Waals surface area (Å²) in [6, 6.07) is 5.73. The summed E-state index contributed by atoms with van der Waals surface area (Å²) in [6.45, 7) is 13.5. The van der Waals surface area contributed by atoms with Gasteiger partial charge in [-0.15, -0.1) is 0 Å². The molecule has 2 rings (SSSR count). The van der Waals surface area contributed by atoms with Crippen LogP contribution in [0.3, 0.4) is 0 Å². The number of aliphatic hydroxyl groups is 1. The molecule has 5 amide bonds. The SMILES string of the molecule is CC[C@H](C)[C@H](NC(=O)C[C@H](O)[C@H](CC(C)C)NC(=O)[C@H](Cc1ccccc1)NC(=O)N1CCC(NC(=O)OC(C)(C)C)CC1)C(=O)O. The first-order chi connectivity index (χ1) is 22.0. The summed E-state index contributed by atoms with van der Waals surface area (Å²) >= 11 is 0. The van der Waals surface area contributed by atoms with Crippen molar-refractivity contribution in [2.24, 2.45) is 11.8 Å². The number of likely N-dealkylation sites (tertiary alicyclic amines) is 1. The van der Waals surface area contributed by atoms with Crippen LogP contribution in [0, 0.1) is 11.8 Å². The van der Waals surface area contributed by atoms with Gasteiger partial charge in [0.1, 0.15) is 17.7 Å². The molecule has 1 aliphatic rings. The summed E-state index contributed by atoms with van der Waals surface area (Å²) in [6.07, 6.45) is -0.0846. The number of aliphatic carboxylic acids is 1. The molecule has 13 heteroatoms. The van der Waals surface area contributed by atoms with Crippen LogP contribution in [-0.4, -0.2) is 94.0 Å². The molecule has 0 aromatic heterocycles. The minimum Gasteiger partial charge on any atom is -0.480 e. The van der Waals surface area contributed by atoms with Gasteiger partial charge in [0.2, 0.25) is 11.8 Å². The first-order valence-corrected chi connectivity index (χ1v) is 16.6. The molecule has 1 heterocycles. The van der Waals surface area contributed by atoms with Gasteiger partial charge in [-0.3, -0.25) is 9.59 Å². The number of piperidine rings is 1. The van der Waals surface area contributed by atoms with Gasteiger partial charge < -0.3 is 41.1 Å². The molecule has 1 saturated heterocycles. The second-order valence-electron chi connectivity index (χ2n) is 13.9. The third kappa shape index (κ3) is 14.2. The Hall–Kier alpha value is -3.87. The Kier molecular flexibility index (Phi) is 15.4. The number of benzene rings is 1. The van der Waals surface area contributed by atoms with Gasteiger partial charge in [-0.1, -0.05) is 64.4 Å². The van der Waals surface area contributed by atoms with Crippen molar-refractivity contribution in [3.63, 3.8) is 0 Å². The number of carbonyl (C=O) groups excluding carboxylic acids is 4. The number of alkyl carbamates (subject to hydrolysis) is 1. The Bertz CT molecular complexity index is 1180. The smallest absolute Gasteiger partial charge is 0.407 e. The maximum atomic E-state index is 13.7. The van der Waals surface area contributed by atoms with Crippen LogP contribution in [0.15, 0.2) is 30.3 Å². The number of carboxylic acids is 1. The zero-order chi connectivity index (χ0) is 35.3. The molecule has 0 spiro atoms. The largest absolute Gasteiger partial charge is 0.480 e. The molecule has 0 unspecified atom stereocenters. The van der Waals surface area contributed by atoms with Gasteiger partial charge in [0.15, 0.2) is 0 Å². The number of urea groups is 1. The second-order valence-corrected chi connectivity index (χ2v) is 13.9. The highest BCUT2D eigenvalue weighted by molar-refractivity contribution is 5.88. The summed E-state index contributed by atoms with van der Waals surface area (Å²) in [7, 11) is 0. The van der Waals surface area contributed by atoms with Gasteiger partial charge in [-0.2, -0.15) is 0 Å². The Morgan fingerprint density at radius 2 is 1.60 bits per heavy atom. The highest BCUT2D eigenvalue weighted by atomic mass is 16.6. The lowest BCUT2D eigenvalue weighted by atomic mass is 9.95. The van der Waals surface area contributed by atoms with Gasteiger partial charge in [0.25, 0.3) is 0 Å². The molecule has 264 valence electrons. The first-order valence-electron chi connectivity index (χ1n) is 16.6. The molecule has 1 aliphatic heterocycles. The summed E-state index contributed by atoms with van der Waals surface area (Å²) in [4.78, 5) is 65.3. The predicted molar refractivity (Wildman–Crippen MR) is 177 cm³/mol. The number of rotatable bonds is 15. The number of hydrogen-bond acceptors (Lipinski definition) is 7. The lowest BCUT2D eigenvalue weighted by Crippen LogP contribution is -2.57. The fraction of sp³-hybridized carbons (Fsp3) is 0.676. The Morgan fingerprint density at radius 3 is 2.13 bits per heavy atom. The van der Waals surface area contributed by atoms with E-state index in [2.05, 4.69) is 21.3 Å². The monoisotopic (exact) mass is 661 g/mol. The van der Waals surface area contributed by atoms with Crippen LogP contribution in [-0.2, 0) is 25.5 Å². The van der Waals surface area contributed by atoms with E-state index in [4.69, 9.17) is 4.74 Å². The van der Waals surface area contributed by atoms with Crippen molar-refractivity contribution in [1.29, 1.82) is 0 Å². The van der Waals surface area contributed by atoms with Crippen LogP contribution < -0.4 is 21.3 Å². The number of nitrogens with one attached hydrogen (secondary N) is 4. The lowest BCUT2D eigenvalue weighted by molar-refractivity contribution is -0.143. The van der Waals surface area contributed by atoms with Crippen LogP contribution in [0.2, 0.25) is 0 Å². The number of aliphatic hydroxyl groups excluding tert-OH is 1. The van der Waals surface area contributed by atoms with E-state index in [-0.39, 0.29) is 24.3 Å². The van der Waals surface area contributed by atoms with E-state index in [1.54, 1.807) is 32.6 Å². The Morgan fingerprint density at radius 1 is 0.979 bits per heavy atom. The van der Waals surface area contributed by atoms with Crippen molar-refractivity contribution < 1.29 is 38.9 Å². The molecule has 1 fully saturated rings. The number of amides is 5. The zero-order valence-electron chi connectivity index (χ0n) is 28.9. The molecule has 5 atom stereocenters. The molecule has 0 saturated carbocycles. The minimum atomic E-state index is -1.29. The van der Waals surface area contributed by atoms with Crippen LogP contribution in [0.1, 0.15) is 86.1 Å². The highest BCUT2D eigenvalue weighted by Gasteiger charge is 2.33. The number of ether oxygens (including phenoxy) is 1. The standard InChI is InChI=1S/C34H55N5O8/c1-8-22(4)29(31(43)44)38-28(41)20-27(40)25(18-21(2)3)36-30(42)26(19-23-12-10-9-11-13-23)37-32(45)39-16-14-24(15-17-39)35-33(46)47-34(5,6)7/h9-13,21-22,24-27,29,40H,8,14-20H2,1-7H3,(H,35,46)(H,36,42)(H,37,45)(H,38,41)(H,43,44)/t22-,25-,26-,27-,29-/m0/s1. The highest BCUT2D eigenvalue weighted by Crippen LogP contribution is 2.16. The number of nitrogens with zero attached hydrogens (tertiary/aromatic N) is 1. The Balaban J connectivity index is 2.11. The molecule has 0 bridgehead atoms. The van der Waals surface area contributed by atoms with E-state index in [9.17, 15) is 34.2 Å². The molecule has 6 N–H and O–H groups in total. The van der Waals surface area contributed by atoms with Crippen LogP contribution in [0.25, 0.3) is 0 Å². The second kappa shape index (κ2) is 18.5. The van der Waals surface area contributed by atoms with Gasteiger partial charge in [0.05, 0.1) is 18.6 Å². The van der Waals surface area contributed by atoms with Gasteiger partial charge in [-0.25, -0.2) is 14.4 Å². The van der Waals surface area contributed by atoms with Crippen LogP contribution >= 0.6 is 0 Å². The molecule has 0 radical (unpaired) electrons. The average molecular weight is 662 g/mol. The first kappa shape index (κ1) is 39.3. The number of carboxylic acid groups (broad SMARTS) is 1. The van der Waals surface area contributed by atoms with Gasteiger partial charge in [-0.05, 0) is 57.4 Å². The average Bonchev–Trinajstić information content (AvgIpc) is 2.98. The number of hydrogen-bond donors (Lipinski definition) is 6. The molecular formula is C34H55N5O8. The summed E-state index contributed by atoms with van der Waals surface area (Å²) < 4.78 is 5.33. The lowest BCUT2D eigenvalue weighted by Gasteiger charge is -2.34.